The first-order valence-corrected chi connectivity index (χ1v) is 6.63. The standard InChI is InChI=1S/C14H10ClFN2OS/c1-19-9-3-5-11-13(7-9)18(14(20)17-11)12-6-8(15)2-4-10(12)16/h2-7H,1H3,(H,17,20). The van der Waals surface area contributed by atoms with Crippen molar-refractivity contribution < 1.29 is 9.13 Å². The first-order valence-electron chi connectivity index (χ1n) is 5.84. The number of halogens is 2. The van der Waals surface area contributed by atoms with Crippen molar-refractivity contribution in [1.82, 2.24) is 9.55 Å². The number of fused-ring (bicyclic) bond motifs is 1. The van der Waals surface area contributed by atoms with Gasteiger partial charge in [-0.25, -0.2) is 4.39 Å². The van der Waals surface area contributed by atoms with Gasteiger partial charge in [-0.3, -0.25) is 4.57 Å². The van der Waals surface area contributed by atoms with Crippen LogP contribution in [0.1, 0.15) is 0 Å². The Bertz CT molecular complexity index is 856. The molecule has 0 radical (unpaired) electrons. The summed E-state index contributed by atoms with van der Waals surface area (Å²) in [6.07, 6.45) is 0. The van der Waals surface area contributed by atoms with Crippen molar-refractivity contribution in [3.63, 3.8) is 0 Å². The average Bonchev–Trinajstić information content (AvgIpc) is 2.76. The topological polar surface area (TPSA) is 29.9 Å². The van der Waals surface area contributed by atoms with Crippen molar-refractivity contribution >= 4 is 34.9 Å². The Morgan fingerprint density at radius 2 is 2.05 bits per heavy atom. The molecule has 0 saturated carbocycles. The number of ether oxygens (including phenoxy) is 1. The van der Waals surface area contributed by atoms with Crippen molar-refractivity contribution in [2.45, 2.75) is 0 Å². The van der Waals surface area contributed by atoms with E-state index in [1.54, 1.807) is 23.8 Å². The number of rotatable bonds is 2. The second-order valence-corrected chi connectivity index (χ2v) is 5.07. The zero-order valence-corrected chi connectivity index (χ0v) is 12.1. The molecule has 0 aliphatic rings. The number of nitrogens with zero attached hydrogens (tertiary/aromatic N) is 1. The summed E-state index contributed by atoms with van der Waals surface area (Å²) >= 11 is 11.2. The number of imidazole rings is 1. The molecule has 1 N–H and O–H groups in total. The quantitative estimate of drug-likeness (QED) is 0.707. The fourth-order valence-corrected chi connectivity index (χ4v) is 2.58. The summed E-state index contributed by atoms with van der Waals surface area (Å²) in [5.74, 6) is 0.275. The van der Waals surface area contributed by atoms with Crippen LogP contribution in [0.15, 0.2) is 36.4 Å². The van der Waals surface area contributed by atoms with Crippen LogP contribution in [-0.2, 0) is 0 Å². The highest BCUT2D eigenvalue weighted by Gasteiger charge is 2.12. The summed E-state index contributed by atoms with van der Waals surface area (Å²) in [7, 11) is 1.58. The molecule has 0 bridgehead atoms. The monoisotopic (exact) mass is 308 g/mol. The lowest BCUT2D eigenvalue weighted by Gasteiger charge is -2.07. The van der Waals surface area contributed by atoms with Gasteiger partial charge in [0.1, 0.15) is 11.6 Å². The highest BCUT2D eigenvalue weighted by Crippen LogP contribution is 2.26. The van der Waals surface area contributed by atoms with Crippen molar-refractivity contribution in [2.24, 2.45) is 0 Å². The Balaban J connectivity index is 2.37. The van der Waals surface area contributed by atoms with Gasteiger partial charge in [0.2, 0.25) is 0 Å². The summed E-state index contributed by atoms with van der Waals surface area (Å²) in [6, 6.07) is 9.80. The molecule has 2 aromatic carbocycles. The van der Waals surface area contributed by atoms with Gasteiger partial charge in [0.05, 0.1) is 23.8 Å². The summed E-state index contributed by atoms with van der Waals surface area (Å²) in [6.45, 7) is 0. The third kappa shape index (κ3) is 2.09. The van der Waals surface area contributed by atoms with E-state index in [1.165, 1.54) is 12.1 Å². The van der Waals surface area contributed by atoms with Gasteiger partial charge in [0, 0.05) is 11.1 Å². The molecular formula is C14H10ClFN2OS. The number of H-pyrrole nitrogens is 1. The van der Waals surface area contributed by atoms with E-state index in [4.69, 9.17) is 28.6 Å². The zero-order valence-electron chi connectivity index (χ0n) is 10.5. The Hall–Kier alpha value is -1.85. The van der Waals surface area contributed by atoms with Crippen LogP contribution in [0.25, 0.3) is 16.7 Å². The molecule has 0 unspecified atom stereocenters. The first-order chi connectivity index (χ1) is 9.60. The molecule has 0 amide bonds. The molecular weight excluding hydrogens is 299 g/mol. The molecule has 0 atom stereocenters. The van der Waals surface area contributed by atoms with Crippen LogP contribution in [0, 0.1) is 10.6 Å². The third-order valence-electron chi connectivity index (χ3n) is 3.04. The van der Waals surface area contributed by atoms with Crippen LogP contribution >= 0.6 is 23.8 Å². The lowest BCUT2D eigenvalue weighted by Crippen LogP contribution is -1.98. The van der Waals surface area contributed by atoms with E-state index in [9.17, 15) is 4.39 Å². The summed E-state index contributed by atoms with van der Waals surface area (Å²) in [5.41, 5.74) is 1.84. The van der Waals surface area contributed by atoms with Gasteiger partial charge >= 0.3 is 0 Å². The maximum atomic E-state index is 14.1. The van der Waals surface area contributed by atoms with Gasteiger partial charge in [0.25, 0.3) is 0 Å². The predicted molar refractivity (Wildman–Crippen MR) is 80.0 cm³/mol. The molecule has 0 fully saturated rings. The minimum absolute atomic E-state index is 0.307. The molecule has 0 aliphatic heterocycles. The van der Waals surface area contributed by atoms with E-state index in [0.29, 0.717) is 21.2 Å². The minimum Gasteiger partial charge on any atom is -0.497 e. The second-order valence-electron chi connectivity index (χ2n) is 4.24. The van der Waals surface area contributed by atoms with E-state index < -0.39 is 5.82 Å². The summed E-state index contributed by atoms with van der Waals surface area (Å²) in [5, 5.41) is 0.445. The Kier molecular flexibility index (Phi) is 3.23. The third-order valence-corrected chi connectivity index (χ3v) is 3.56. The lowest BCUT2D eigenvalue weighted by molar-refractivity contribution is 0.415. The second kappa shape index (κ2) is 4.92. The normalized spacial score (nSPS) is 10.9. The Morgan fingerprint density at radius 1 is 1.25 bits per heavy atom. The maximum Gasteiger partial charge on any atom is 0.182 e. The van der Waals surface area contributed by atoms with Crippen LogP contribution in [0.5, 0.6) is 5.75 Å². The molecule has 1 heterocycles. The largest absolute Gasteiger partial charge is 0.497 e. The fourth-order valence-electron chi connectivity index (χ4n) is 2.11. The van der Waals surface area contributed by atoms with Gasteiger partial charge in [0.15, 0.2) is 4.77 Å². The Labute approximate surface area is 124 Å². The van der Waals surface area contributed by atoms with Crippen LogP contribution < -0.4 is 4.74 Å². The van der Waals surface area contributed by atoms with Gasteiger partial charge in [-0.15, -0.1) is 0 Å². The highest BCUT2D eigenvalue weighted by atomic mass is 35.5. The molecule has 0 saturated heterocycles. The number of methoxy groups -OCH3 is 1. The SMILES string of the molecule is COc1ccc2[nH]c(=S)n(-c3cc(Cl)ccc3F)c2c1. The number of hydrogen-bond donors (Lipinski definition) is 1. The molecule has 3 aromatic rings. The van der Waals surface area contributed by atoms with Crippen molar-refractivity contribution in [2.75, 3.05) is 7.11 Å². The van der Waals surface area contributed by atoms with E-state index in [1.807, 2.05) is 12.1 Å². The van der Waals surface area contributed by atoms with Gasteiger partial charge in [-0.1, -0.05) is 11.6 Å². The van der Waals surface area contributed by atoms with Gasteiger partial charge in [-0.05, 0) is 42.5 Å². The highest BCUT2D eigenvalue weighted by molar-refractivity contribution is 7.71. The minimum atomic E-state index is -0.394. The van der Waals surface area contributed by atoms with E-state index >= 15 is 0 Å². The fraction of sp³-hybridized carbons (Fsp3) is 0.0714. The van der Waals surface area contributed by atoms with Gasteiger partial charge < -0.3 is 9.72 Å². The molecule has 102 valence electrons. The van der Waals surface area contributed by atoms with Crippen LogP contribution in [0.4, 0.5) is 4.39 Å². The molecule has 0 aliphatic carbocycles. The first kappa shape index (κ1) is 13.1. The van der Waals surface area contributed by atoms with E-state index in [-0.39, 0.29) is 0 Å². The smallest absolute Gasteiger partial charge is 0.182 e. The van der Waals surface area contributed by atoms with Crippen LogP contribution in [-0.4, -0.2) is 16.7 Å². The number of hydrogen-bond acceptors (Lipinski definition) is 2. The number of benzene rings is 2. The molecule has 0 spiro atoms. The number of nitrogens with one attached hydrogen (secondary N) is 1. The molecule has 3 nitrogen and oxygen atoms in total. The number of aromatic amines is 1. The maximum absolute atomic E-state index is 14.1. The zero-order chi connectivity index (χ0) is 14.3. The van der Waals surface area contributed by atoms with Crippen molar-refractivity contribution in [3.8, 4) is 11.4 Å². The average molecular weight is 309 g/mol. The summed E-state index contributed by atoms with van der Waals surface area (Å²) < 4.78 is 21.3. The predicted octanol–water partition coefficient (Wildman–Crippen LogP) is 4.49. The molecule has 3 rings (SSSR count). The lowest BCUT2D eigenvalue weighted by atomic mass is 10.2. The van der Waals surface area contributed by atoms with Crippen molar-refractivity contribution in [3.05, 3.63) is 52.0 Å². The number of aromatic nitrogens is 2. The summed E-state index contributed by atoms with van der Waals surface area (Å²) in [4.78, 5) is 3.04. The Morgan fingerprint density at radius 3 is 2.80 bits per heavy atom. The van der Waals surface area contributed by atoms with Crippen LogP contribution in [0.3, 0.4) is 0 Å². The molecule has 20 heavy (non-hydrogen) atoms. The van der Waals surface area contributed by atoms with E-state index in [2.05, 4.69) is 4.98 Å². The molecule has 1 aromatic heterocycles. The van der Waals surface area contributed by atoms with Gasteiger partial charge in [-0.2, -0.15) is 0 Å². The van der Waals surface area contributed by atoms with Crippen LogP contribution in [0.2, 0.25) is 5.02 Å². The molecule has 6 heteroatoms. The van der Waals surface area contributed by atoms with E-state index in [0.717, 1.165) is 11.0 Å². The van der Waals surface area contributed by atoms with Crippen molar-refractivity contribution in [1.29, 1.82) is 0 Å².